The van der Waals surface area contributed by atoms with Gasteiger partial charge in [-0.1, -0.05) is 12.1 Å². The Bertz CT molecular complexity index is 968. The van der Waals surface area contributed by atoms with Gasteiger partial charge in [0.25, 0.3) is 5.91 Å². The maximum atomic E-state index is 12.3. The normalized spacial score (nSPS) is 13.8. The second kappa shape index (κ2) is 8.41. The molecule has 1 amide bonds. The minimum Gasteiger partial charge on any atom is -0.354 e. The van der Waals surface area contributed by atoms with E-state index in [0.717, 1.165) is 34.6 Å². The zero-order valence-corrected chi connectivity index (χ0v) is 16.6. The average molecular weight is 401 g/mol. The molecule has 0 fully saturated rings. The second-order valence-electron chi connectivity index (χ2n) is 6.47. The van der Waals surface area contributed by atoms with E-state index in [4.69, 9.17) is 0 Å². The van der Waals surface area contributed by atoms with Gasteiger partial charge in [0.15, 0.2) is 5.96 Å². The Balaban J connectivity index is 1.56. The number of carbonyl (C=O) groups is 1. The summed E-state index contributed by atoms with van der Waals surface area (Å²) in [5.74, 6) is 0.501. The number of rotatable bonds is 6. The monoisotopic (exact) mass is 401 g/mol. The van der Waals surface area contributed by atoms with Crippen molar-refractivity contribution in [3.8, 4) is 0 Å². The van der Waals surface area contributed by atoms with Crippen LogP contribution in [0.5, 0.6) is 0 Å². The van der Waals surface area contributed by atoms with Crippen molar-refractivity contribution in [3.63, 3.8) is 0 Å². The zero-order valence-electron chi connectivity index (χ0n) is 15.8. The van der Waals surface area contributed by atoms with Gasteiger partial charge in [0.1, 0.15) is 0 Å². The maximum absolute atomic E-state index is 12.3. The third-order valence-electron chi connectivity index (χ3n) is 4.24. The van der Waals surface area contributed by atoms with E-state index < -0.39 is 10.0 Å². The van der Waals surface area contributed by atoms with Crippen LogP contribution in [0, 0.1) is 0 Å². The van der Waals surface area contributed by atoms with Crippen LogP contribution in [-0.4, -0.2) is 51.8 Å². The fourth-order valence-electron chi connectivity index (χ4n) is 2.60. The van der Waals surface area contributed by atoms with Crippen LogP contribution in [0.1, 0.15) is 15.9 Å². The molecule has 28 heavy (non-hydrogen) atoms. The highest BCUT2D eigenvalue weighted by molar-refractivity contribution is 7.89. The number of carbonyl (C=O) groups excluding carboxylic acids is 1. The van der Waals surface area contributed by atoms with E-state index in [1.165, 1.54) is 38.4 Å². The van der Waals surface area contributed by atoms with Gasteiger partial charge in [-0.05, 0) is 42.0 Å². The van der Waals surface area contributed by atoms with Crippen molar-refractivity contribution in [2.75, 3.05) is 32.5 Å². The molecule has 0 saturated heterocycles. The maximum Gasteiger partial charge on any atom is 0.251 e. The zero-order chi connectivity index (χ0) is 20.1. The quantitative estimate of drug-likeness (QED) is 0.676. The molecule has 2 aromatic rings. The first-order valence-corrected chi connectivity index (χ1v) is 10.3. The van der Waals surface area contributed by atoms with Crippen molar-refractivity contribution in [1.82, 2.24) is 14.9 Å². The molecule has 8 nitrogen and oxygen atoms in total. The summed E-state index contributed by atoms with van der Waals surface area (Å²) in [4.78, 5) is 16.7. The van der Waals surface area contributed by atoms with Gasteiger partial charge in [0.2, 0.25) is 10.0 Å². The molecule has 0 aromatic heterocycles. The SMILES string of the molecule is CN(C)S(=O)(=O)c1ccc(C(=O)NCc2ccc(NC3=NCCN3)cc2)cc1. The number of benzene rings is 2. The van der Waals surface area contributed by atoms with E-state index >= 15 is 0 Å². The lowest BCUT2D eigenvalue weighted by atomic mass is 10.2. The van der Waals surface area contributed by atoms with Gasteiger partial charge in [-0.2, -0.15) is 0 Å². The molecule has 2 aromatic carbocycles. The van der Waals surface area contributed by atoms with Gasteiger partial charge in [-0.3, -0.25) is 9.79 Å². The van der Waals surface area contributed by atoms with Gasteiger partial charge in [-0.15, -0.1) is 0 Å². The largest absolute Gasteiger partial charge is 0.354 e. The third-order valence-corrected chi connectivity index (χ3v) is 6.07. The lowest BCUT2D eigenvalue weighted by molar-refractivity contribution is 0.0951. The minimum atomic E-state index is -3.50. The molecule has 0 spiro atoms. The van der Waals surface area contributed by atoms with Crippen LogP contribution < -0.4 is 16.0 Å². The highest BCUT2D eigenvalue weighted by atomic mass is 32.2. The average Bonchev–Trinajstić information content (AvgIpc) is 3.20. The van der Waals surface area contributed by atoms with Crippen LogP contribution >= 0.6 is 0 Å². The fourth-order valence-corrected chi connectivity index (χ4v) is 3.50. The minimum absolute atomic E-state index is 0.151. The van der Waals surface area contributed by atoms with Crippen molar-refractivity contribution in [2.45, 2.75) is 11.4 Å². The molecule has 0 bridgehead atoms. The summed E-state index contributed by atoms with van der Waals surface area (Å²) in [6, 6.07) is 13.6. The van der Waals surface area contributed by atoms with Crippen LogP contribution in [-0.2, 0) is 16.6 Å². The summed E-state index contributed by atoms with van der Waals surface area (Å²) in [5.41, 5.74) is 2.27. The summed E-state index contributed by atoms with van der Waals surface area (Å²) < 4.78 is 25.3. The Morgan fingerprint density at radius 2 is 1.79 bits per heavy atom. The van der Waals surface area contributed by atoms with E-state index in [-0.39, 0.29) is 10.8 Å². The van der Waals surface area contributed by atoms with E-state index in [9.17, 15) is 13.2 Å². The van der Waals surface area contributed by atoms with Crippen LogP contribution in [0.2, 0.25) is 0 Å². The predicted molar refractivity (Wildman–Crippen MR) is 109 cm³/mol. The fraction of sp³-hybridized carbons (Fsp3) is 0.263. The first kappa shape index (κ1) is 19.8. The van der Waals surface area contributed by atoms with Crippen molar-refractivity contribution in [2.24, 2.45) is 4.99 Å². The van der Waals surface area contributed by atoms with Crippen molar-refractivity contribution < 1.29 is 13.2 Å². The molecule has 9 heteroatoms. The molecule has 1 heterocycles. The standard InChI is InChI=1S/C19H23N5O3S/c1-24(2)28(26,27)17-9-5-15(6-10-17)18(25)22-13-14-3-7-16(8-4-14)23-19-20-11-12-21-19/h3-10H,11-13H2,1-2H3,(H,22,25)(H2,20,21,23). The van der Waals surface area contributed by atoms with Gasteiger partial charge < -0.3 is 16.0 Å². The second-order valence-corrected chi connectivity index (χ2v) is 8.63. The van der Waals surface area contributed by atoms with Crippen LogP contribution in [0.15, 0.2) is 58.4 Å². The van der Waals surface area contributed by atoms with Gasteiger partial charge in [0.05, 0.1) is 11.4 Å². The number of sulfonamides is 1. The number of aliphatic imine (C=N–C) groups is 1. The lowest BCUT2D eigenvalue weighted by Gasteiger charge is -2.12. The molecule has 3 rings (SSSR count). The Morgan fingerprint density at radius 3 is 2.36 bits per heavy atom. The number of guanidine groups is 1. The molecule has 0 atom stereocenters. The van der Waals surface area contributed by atoms with E-state index in [1.54, 1.807) is 0 Å². The molecular formula is C19H23N5O3S. The molecule has 0 saturated carbocycles. The summed E-state index contributed by atoms with van der Waals surface area (Å²) in [6.45, 7) is 1.99. The van der Waals surface area contributed by atoms with Crippen molar-refractivity contribution >= 4 is 27.6 Å². The third kappa shape index (κ3) is 4.68. The molecule has 1 aliphatic rings. The molecule has 1 aliphatic heterocycles. The van der Waals surface area contributed by atoms with E-state index in [0.29, 0.717) is 12.1 Å². The van der Waals surface area contributed by atoms with Crippen LogP contribution in [0.3, 0.4) is 0 Å². The predicted octanol–water partition coefficient (Wildman–Crippen LogP) is 1.24. The Morgan fingerprint density at radius 1 is 1.11 bits per heavy atom. The van der Waals surface area contributed by atoms with E-state index in [2.05, 4.69) is 20.9 Å². The summed E-state index contributed by atoms with van der Waals surface area (Å²) >= 11 is 0. The Labute approximate surface area is 164 Å². The number of hydrogen-bond donors (Lipinski definition) is 3. The van der Waals surface area contributed by atoms with Crippen molar-refractivity contribution in [1.29, 1.82) is 0 Å². The first-order chi connectivity index (χ1) is 13.4. The molecule has 148 valence electrons. The number of hydrogen-bond acceptors (Lipinski definition) is 6. The number of nitrogens with zero attached hydrogens (tertiary/aromatic N) is 2. The first-order valence-electron chi connectivity index (χ1n) is 8.81. The lowest BCUT2D eigenvalue weighted by Crippen LogP contribution is -2.26. The molecule has 0 aliphatic carbocycles. The molecule has 0 unspecified atom stereocenters. The number of anilines is 1. The summed E-state index contributed by atoms with van der Waals surface area (Å²) in [6.07, 6.45) is 0. The van der Waals surface area contributed by atoms with Crippen LogP contribution in [0.4, 0.5) is 5.69 Å². The van der Waals surface area contributed by atoms with Crippen LogP contribution in [0.25, 0.3) is 0 Å². The van der Waals surface area contributed by atoms with Gasteiger partial charge >= 0.3 is 0 Å². The number of nitrogens with one attached hydrogen (secondary N) is 3. The molecule has 0 radical (unpaired) electrons. The topological polar surface area (TPSA) is 103 Å². The summed E-state index contributed by atoms with van der Waals surface area (Å²) in [5, 5.41) is 9.16. The number of amides is 1. The highest BCUT2D eigenvalue weighted by Gasteiger charge is 2.17. The van der Waals surface area contributed by atoms with E-state index in [1.807, 2.05) is 24.3 Å². The summed E-state index contributed by atoms with van der Waals surface area (Å²) in [7, 11) is -0.571. The van der Waals surface area contributed by atoms with Gasteiger partial charge in [0, 0.05) is 38.4 Å². The molecular weight excluding hydrogens is 378 g/mol. The smallest absolute Gasteiger partial charge is 0.251 e. The Kier molecular flexibility index (Phi) is 5.96. The van der Waals surface area contributed by atoms with Gasteiger partial charge in [-0.25, -0.2) is 12.7 Å². The van der Waals surface area contributed by atoms with Crippen molar-refractivity contribution in [3.05, 3.63) is 59.7 Å². The molecule has 3 N–H and O–H groups in total. The highest BCUT2D eigenvalue weighted by Crippen LogP contribution is 2.14. The Hall–Kier alpha value is -2.91.